The van der Waals surface area contributed by atoms with E-state index < -0.39 is 5.60 Å². The largest absolute Gasteiger partial charge is 0.497 e. The summed E-state index contributed by atoms with van der Waals surface area (Å²) >= 11 is 0. The number of nitrogens with one attached hydrogen (secondary N) is 1. The van der Waals surface area contributed by atoms with Crippen molar-refractivity contribution in [1.29, 1.82) is 0 Å². The second-order valence-corrected chi connectivity index (χ2v) is 13.1. The van der Waals surface area contributed by atoms with Crippen LogP contribution in [0.4, 0.5) is 0 Å². The van der Waals surface area contributed by atoms with Crippen molar-refractivity contribution in [3.63, 3.8) is 0 Å². The van der Waals surface area contributed by atoms with Gasteiger partial charge in [-0.2, -0.15) is 0 Å². The fourth-order valence-electron chi connectivity index (χ4n) is 7.81. The van der Waals surface area contributed by atoms with Crippen molar-refractivity contribution in [2.75, 3.05) is 13.7 Å². The lowest BCUT2D eigenvalue weighted by atomic mass is 9.61. The van der Waals surface area contributed by atoms with Gasteiger partial charge in [-0.1, -0.05) is 105 Å². The highest BCUT2D eigenvalue weighted by atomic mass is 16.5. The van der Waals surface area contributed by atoms with Gasteiger partial charge in [-0.25, -0.2) is 4.79 Å². The first-order valence-corrected chi connectivity index (χ1v) is 16.3. The summed E-state index contributed by atoms with van der Waals surface area (Å²) in [6.45, 7) is 7.34. The maximum atomic E-state index is 13.3. The monoisotopic (exact) mass is 603 g/mol. The van der Waals surface area contributed by atoms with E-state index in [1.54, 1.807) is 7.11 Å². The zero-order valence-electron chi connectivity index (χ0n) is 26.8. The lowest BCUT2D eigenvalue weighted by Crippen LogP contribution is -2.72. The number of rotatable bonds is 11. The number of ether oxygens (including phenoxy) is 3. The molecule has 0 spiro atoms. The van der Waals surface area contributed by atoms with E-state index in [4.69, 9.17) is 14.2 Å². The van der Waals surface area contributed by atoms with Gasteiger partial charge in [0.1, 0.15) is 17.5 Å². The second-order valence-electron chi connectivity index (χ2n) is 13.1. The molecule has 45 heavy (non-hydrogen) atoms. The molecule has 1 saturated heterocycles. The summed E-state index contributed by atoms with van der Waals surface area (Å²) in [6.07, 6.45) is 1.76. The molecule has 0 aromatic heterocycles. The Hall–Kier alpha value is -3.93. The highest BCUT2D eigenvalue weighted by Crippen LogP contribution is 2.48. The molecule has 234 valence electrons. The predicted octanol–water partition coefficient (Wildman–Crippen LogP) is 7.89. The lowest BCUT2D eigenvalue weighted by Gasteiger charge is -2.57. The molecule has 2 aliphatic rings. The molecule has 0 bridgehead atoms. The van der Waals surface area contributed by atoms with E-state index in [0.717, 1.165) is 35.3 Å². The number of hydrogen-bond acceptors (Lipinski definition) is 5. The summed E-state index contributed by atoms with van der Waals surface area (Å²) in [5, 5.41) is 3.74. The fraction of sp³-hybridized carbons (Fsp3) is 0.375. The summed E-state index contributed by atoms with van der Waals surface area (Å²) < 4.78 is 19.2. The lowest BCUT2D eigenvalue weighted by molar-refractivity contribution is -0.122. The van der Waals surface area contributed by atoms with Gasteiger partial charge in [0.25, 0.3) is 0 Å². The molecule has 0 amide bonds. The zero-order chi connectivity index (χ0) is 31.4. The number of carbonyl (C=O) groups excluding carboxylic acids is 1. The van der Waals surface area contributed by atoms with Crippen LogP contribution in [0.3, 0.4) is 0 Å². The maximum absolute atomic E-state index is 13.3. The van der Waals surface area contributed by atoms with E-state index in [9.17, 15) is 4.79 Å². The van der Waals surface area contributed by atoms with E-state index in [2.05, 4.69) is 86.8 Å². The number of carbonyl (C=O) groups is 1. The molecule has 4 aromatic rings. The van der Waals surface area contributed by atoms with Crippen LogP contribution in [0.2, 0.25) is 0 Å². The molecule has 6 rings (SSSR count). The minimum atomic E-state index is -0.811. The van der Waals surface area contributed by atoms with Crippen LogP contribution < -0.4 is 10.1 Å². The molecule has 6 unspecified atom stereocenters. The number of hydrogen-bond donors (Lipinski definition) is 1. The first-order chi connectivity index (χ1) is 21.9. The van der Waals surface area contributed by atoms with Gasteiger partial charge in [0.05, 0.1) is 19.3 Å². The van der Waals surface area contributed by atoms with Crippen LogP contribution in [0.15, 0.2) is 115 Å². The predicted molar refractivity (Wildman–Crippen MR) is 178 cm³/mol. The molecule has 1 N–H and O–H groups in total. The standard InChI is InChI=1S/C40H45NO4/c1-27(2)24-30-25-31(36-28(3)41-37(36)38(30)45-39(42)29-14-8-5-9-15-29)26-44-40(32-16-10-6-11-17-32,33-18-12-7-13-19-33)34-20-22-35(43-4)23-21-34/h5-23,27-28,30-31,36-38,41H,24-26H2,1-4H3. The molecule has 1 saturated carbocycles. The smallest absolute Gasteiger partial charge is 0.338 e. The van der Waals surface area contributed by atoms with E-state index in [-0.39, 0.29) is 24.0 Å². The molecule has 1 heterocycles. The van der Waals surface area contributed by atoms with E-state index in [1.807, 2.05) is 54.6 Å². The molecule has 2 fully saturated rings. The van der Waals surface area contributed by atoms with Gasteiger partial charge >= 0.3 is 5.97 Å². The second kappa shape index (κ2) is 13.6. The van der Waals surface area contributed by atoms with Crippen molar-refractivity contribution in [1.82, 2.24) is 5.32 Å². The third-order valence-electron chi connectivity index (χ3n) is 9.81. The molecule has 1 aliphatic carbocycles. The molecular weight excluding hydrogens is 558 g/mol. The normalized spacial score (nSPS) is 24.4. The van der Waals surface area contributed by atoms with Gasteiger partial charge < -0.3 is 19.5 Å². The van der Waals surface area contributed by atoms with Gasteiger partial charge in [0, 0.05) is 12.1 Å². The average Bonchev–Trinajstić information content (AvgIpc) is 3.07. The summed E-state index contributed by atoms with van der Waals surface area (Å²) in [5.41, 5.74) is 3.02. The van der Waals surface area contributed by atoms with Crippen LogP contribution in [0.25, 0.3) is 0 Å². The maximum Gasteiger partial charge on any atom is 0.338 e. The Labute approximate surface area is 267 Å². The van der Waals surface area contributed by atoms with Crippen LogP contribution in [0.5, 0.6) is 5.75 Å². The molecule has 5 heteroatoms. The highest BCUT2D eigenvalue weighted by Gasteiger charge is 2.55. The van der Waals surface area contributed by atoms with Gasteiger partial charge in [-0.15, -0.1) is 0 Å². The van der Waals surface area contributed by atoms with Crippen molar-refractivity contribution >= 4 is 5.97 Å². The zero-order valence-corrected chi connectivity index (χ0v) is 26.8. The van der Waals surface area contributed by atoms with Crippen LogP contribution in [0, 0.1) is 23.7 Å². The van der Waals surface area contributed by atoms with Crippen molar-refractivity contribution in [2.45, 2.75) is 57.4 Å². The Morgan fingerprint density at radius 3 is 1.89 bits per heavy atom. The number of benzene rings is 4. The SMILES string of the molecule is COc1ccc(C(OCC2CC(CC(C)C)C(OC(=O)c3ccccc3)C3NC(C)C23)(c2ccccc2)c2ccccc2)cc1. The summed E-state index contributed by atoms with van der Waals surface area (Å²) in [7, 11) is 1.69. The van der Waals surface area contributed by atoms with Crippen molar-refractivity contribution < 1.29 is 19.0 Å². The minimum absolute atomic E-state index is 0.0996. The Bertz CT molecular complexity index is 1480. The van der Waals surface area contributed by atoms with Crippen LogP contribution in [0.1, 0.15) is 60.7 Å². The number of esters is 1. The van der Waals surface area contributed by atoms with Crippen LogP contribution >= 0.6 is 0 Å². The fourth-order valence-corrected chi connectivity index (χ4v) is 7.81. The number of fused-ring (bicyclic) bond motifs is 1. The van der Waals surface area contributed by atoms with Crippen LogP contribution in [-0.4, -0.2) is 37.9 Å². The molecular formula is C40H45NO4. The third-order valence-corrected chi connectivity index (χ3v) is 9.81. The molecule has 6 atom stereocenters. The van der Waals surface area contributed by atoms with E-state index >= 15 is 0 Å². The molecule has 1 aliphatic heterocycles. The minimum Gasteiger partial charge on any atom is -0.497 e. The Kier molecular flexibility index (Phi) is 9.39. The number of methoxy groups -OCH3 is 1. The quantitative estimate of drug-likeness (QED) is 0.140. The first-order valence-electron chi connectivity index (χ1n) is 16.3. The first kappa shape index (κ1) is 31.1. The van der Waals surface area contributed by atoms with Gasteiger partial charge in [0.15, 0.2) is 0 Å². The molecule has 4 aromatic carbocycles. The average molecular weight is 604 g/mol. The van der Waals surface area contributed by atoms with Gasteiger partial charge in [-0.3, -0.25) is 0 Å². The molecule has 5 nitrogen and oxygen atoms in total. The topological polar surface area (TPSA) is 56.8 Å². The van der Waals surface area contributed by atoms with Crippen LogP contribution in [-0.2, 0) is 15.1 Å². The van der Waals surface area contributed by atoms with E-state index in [0.29, 0.717) is 36.0 Å². The Morgan fingerprint density at radius 1 is 0.800 bits per heavy atom. The van der Waals surface area contributed by atoms with Crippen molar-refractivity contribution in [2.24, 2.45) is 23.7 Å². The Balaban J connectivity index is 1.34. The summed E-state index contributed by atoms with van der Waals surface area (Å²) in [4.78, 5) is 13.3. The van der Waals surface area contributed by atoms with Gasteiger partial charge in [-0.05, 0) is 84.4 Å². The van der Waals surface area contributed by atoms with Crippen molar-refractivity contribution in [3.05, 3.63) is 138 Å². The summed E-state index contributed by atoms with van der Waals surface area (Å²) in [6, 6.07) is 39.1. The summed E-state index contributed by atoms with van der Waals surface area (Å²) in [5.74, 6) is 1.92. The molecule has 0 radical (unpaired) electrons. The van der Waals surface area contributed by atoms with E-state index in [1.165, 1.54) is 0 Å². The Morgan fingerprint density at radius 2 is 1.36 bits per heavy atom. The highest BCUT2D eigenvalue weighted by molar-refractivity contribution is 5.89. The van der Waals surface area contributed by atoms with Gasteiger partial charge in [0.2, 0.25) is 0 Å². The third kappa shape index (κ3) is 6.29. The van der Waals surface area contributed by atoms with Crippen molar-refractivity contribution in [3.8, 4) is 5.75 Å².